The van der Waals surface area contributed by atoms with Crippen molar-refractivity contribution >= 4 is 11.9 Å². The summed E-state index contributed by atoms with van der Waals surface area (Å²) in [6.07, 6.45) is 5.69. The van der Waals surface area contributed by atoms with Crippen LogP contribution in [0.1, 0.15) is 76.7 Å². The molecule has 2 aromatic rings. The van der Waals surface area contributed by atoms with E-state index in [0.29, 0.717) is 30.0 Å². The monoisotopic (exact) mass is 396 g/mol. The molecule has 3 rings (SSSR count). The van der Waals surface area contributed by atoms with Crippen LogP contribution in [0.4, 0.5) is 0 Å². The smallest absolute Gasteiger partial charge is 0.355 e. The molecule has 0 aliphatic heterocycles. The summed E-state index contributed by atoms with van der Waals surface area (Å²) in [7, 11) is 1.90. The molecular weight excluding hydrogens is 364 g/mol. The van der Waals surface area contributed by atoms with Crippen molar-refractivity contribution in [1.82, 2.24) is 9.47 Å². The second kappa shape index (κ2) is 9.29. The summed E-state index contributed by atoms with van der Waals surface area (Å²) < 4.78 is 7.26. The van der Waals surface area contributed by atoms with Crippen LogP contribution in [0.15, 0.2) is 30.3 Å². The number of hydrogen-bond acceptors (Lipinski definition) is 3. The average Bonchev–Trinajstić information content (AvgIpc) is 2.98. The zero-order valence-corrected chi connectivity index (χ0v) is 18.0. The molecule has 5 nitrogen and oxygen atoms in total. The normalized spacial score (nSPS) is 14.6. The first-order valence-electron chi connectivity index (χ1n) is 10.6. The van der Waals surface area contributed by atoms with E-state index in [4.69, 9.17) is 4.74 Å². The van der Waals surface area contributed by atoms with Crippen LogP contribution in [0.3, 0.4) is 0 Å². The Bertz CT molecular complexity index is 864. The lowest BCUT2D eigenvalue weighted by molar-refractivity contribution is 0.0513. The van der Waals surface area contributed by atoms with E-state index in [2.05, 4.69) is 0 Å². The number of benzene rings is 1. The van der Waals surface area contributed by atoms with Gasteiger partial charge < -0.3 is 14.2 Å². The molecule has 29 heavy (non-hydrogen) atoms. The van der Waals surface area contributed by atoms with Crippen molar-refractivity contribution in [2.75, 3.05) is 13.7 Å². The van der Waals surface area contributed by atoms with Crippen LogP contribution in [-0.4, -0.2) is 41.0 Å². The van der Waals surface area contributed by atoms with E-state index in [1.807, 2.05) is 60.7 Å². The molecule has 0 spiro atoms. The summed E-state index contributed by atoms with van der Waals surface area (Å²) in [6, 6.07) is 10.3. The van der Waals surface area contributed by atoms with E-state index >= 15 is 0 Å². The zero-order chi connectivity index (χ0) is 21.0. The molecule has 1 saturated carbocycles. The predicted molar refractivity (Wildman–Crippen MR) is 114 cm³/mol. The van der Waals surface area contributed by atoms with Gasteiger partial charge in [0.2, 0.25) is 0 Å². The molecule has 0 saturated heterocycles. The van der Waals surface area contributed by atoms with Gasteiger partial charge in [0.15, 0.2) is 0 Å². The van der Waals surface area contributed by atoms with Gasteiger partial charge >= 0.3 is 5.97 Å². The van der Waals surface area contributed by atoms with E-state index in [1.54, 1.807) is 6.92 Å². The summed E-state index contributed by atoms with van der Waals surface area (Å²) in [5.74, 6) is -0.368. The number of hydrogen-bond donors (Lipinski definition) is 0. The fourth-order valence-electron chi connectivity index (χ4n) is 4.45. The van der Waals surface area contributed by atoms with E-state index < -0.39 is 0 Å². The quantitative estimate of drug-likeness (QED) is 0.663. The summed E-state index contributed by atoms with van der Waals surface area (Å²) in [6.45, 7) is 6.43. The summed E-state index contributed by atoms with van der Waals surface area (Å²) in [5.41, 5.74) is 3.73. The summed E-state index contributed by atoms with van der Waals surface area (Å²) >= 11 is 0. The Balaban J connectivity index is 2.01. The third-order valence-corrected chi connectivity index (χ3v) is 6.08. The second-order valence-electron chi connectivity index (χ2n) is 7.93. The van der Waals surface area contributed by atoms with E-state index in [0.717, 1.165) is 24.1 Å². The molecule has 0 N–H and O–H groups in total. The zero-order valence-electron chi connectivity index (χ0n) is 18.0. The largest absolute Gasteiger partial charge is 0.461 e. The average molecular weight is 397 g/mol. The molecule has 156 valence electrons. The Morgan fingerprint density at radius 2 is 1.76 bits per heavy atom. The lowest BCUT2D eigenvalue weighted by Crippen LogP contribution is -2.38. The molecule has 0 atom stereocenters. The van der Waals surface area contributed by atoms with E-state index in [-0.39, 0.29) is 17.9 Å². The maximum atomic E-state index is 13.4. The van der Waals surface area contributed by atoms with Gasteiger partial charge in [-0.3, -0.25) is 4.79 Å². The van der Waals surface area contributed by atoms with Gasteiger partial charge in [0.05, 0.1) is 12.2 Å². The molecule has 1 aliphatic rings. The fourth-order valence-corrected chi connectivity index (χ4v) is 4.45. The molecule has 0 bridgehead atoms. The third kappa shape index (κ3) is 4.39. The minimum Gasteiger partial charge on any atom is -0.461 e. The number of nitrogens with zero attached hydrogens (tertiary/aromatic N) is 2. The number of ether oxygens (including phenoxy) is 1. The van der Waals surface area contributed by atoms with Crippen LogP contribution in [0.2, 0.25) is 0 Å². The van der Waals surface area contributed by atoms with Crippen LogP contribution in [0.25, 0.3) is 0 Å². The number of aromatic nitrogens is 1. The highest BCUT2D eigenvalue weighted by atomic mass is 16.5. The Labute approximate surface area is 173 Å². The standard InChI is InChI=1S/C24H32N2O3/c1-5-29-24(28)22-17(2)21(23(27)25(4)20-14-10-7-11-15-20)18(3)26(22)16-19-12-8-6-9-13-19/h6,8-9,12-13,20H,5,7,10-11,14-16H2,1-4H3. The summed E-state index contributed by atoms with van der Waals surface area (Å²) in [5, 5.41) is 0. The van der Waals surface area contributed by atoms with Gasteiger partial charge in [0.25, 0.3) is 5.91 Å². The van der Waals surface area contributed by atoms with Gasteiger partial charge in [-0.1, -0.05) is 49.6 Å². The molecule has 1 fully saturated rings. The van der Waals surface area contributed by atoms with Crippen LogP contribution < -0.4 is 0 Å². The first-order chi connectivity index (χ1) is 14.0. The lowest BCUT2D eigenvalue weighted by atomic mass is 9.94. The highest BCUT2D eigenvalue weighted by Crippen LogP contribution is 2.28. The number of esters is 1. The first kappa shape index (κ1) is 21.2. The van der Waals surface area contributed by atoms with Crippen LogP contribution >= 0.6 is 0 Å². The topological polar surface area (TPSA) is 51.5 Å². The highest BCUT2D eigenvalue weighted by molar-refractivity contribution is 6.01. The Morgan fingerprint density at radius 3 is 2.38 bits per heavy atom. The van der Waals surface area contributed by atoms with Gasteiger partial charge in [-0.25, -0.2) is 4.79 Å². The highest BCUT2D eigenvalue weighted by Gasteiger charge is 2.31. The molecule has 1 amide bonds. The van der Waals surface area contributed by atoms with Gasteiger partial charge in [-0.15, -0.1) is 0 Å². The minimum atomic E-state index is -0.372. The van der Waals surface area contributed by atoms with Gasteiger partial charge in [-0.05, 0) is 44.7 Å². The maximum absolute atomic E-state index is 13.4. The molecule has 1 aliphatic carbocycles. The molecule has 0 radical (unpaired) electrons. The van der Waals surface area contributed by atoms with Gasteiger partial charge in [0, 0.05) is 25.3 Å². The minimum absolute atomic E-state index is 0.00394. The molecule has 1 heterocycles. The Kier molecular flexibility index (Phi) is 6.78. The van der Waals surface area contributed by atoms with Crippen molar-refractivity contribution in [2.45, 2.75) is 65.5 Å². The molecule has 0 unspecified atom stereocenters. The van der Waals surface area contributed by atoms with Crippen LogP contribution in [0, 0.1) is 13.8 Å². The van der Waals surface area contributed by atoms with Gasteiger partial charge in [-0.2, -0.15) is 0 Å². The fraction of sp³-hybridized carbons (Fsp3) is 0.500. The number of amides is 1. The maximum Gasteiger partial charge on any atom is 0.355 e. The predicted octanol–water partition coefficient (Wildman–Crippen LogP) is 4.73. The van der Waals surface area contributed by atoms with Gasteiger partial charge in [0.1, 0.15) is 5.69 Å². The Hall–Kier alpha value is -2.56. The Morgan fingerprint density at radius 1 is 1.10 bits per heavy atom. The number of carbonyl (C=O) groups excluding carboxylic acids is 2. The summed E-state index contributed by atoms with van der Waals surface area (Å²) in [4.78, 5) is 28.1. The SMILES string of the molecule is CCOC(=O)c1c(C)c(C(=O)N(C)C2CCCCC2)c(C)n1Cc1ccccc1. The first-order valence-corrected chi connectivity index (χ1v) is 10.6. The van der Waals surface area contributed by atoms with Crippen molar-refractivity contribution < 1.29 is 14.3 Å². The van der Waals surface area contributed by atoms with Crippen molar-refractivity contribution in [2.24, 2.45) is 0 Å². The second-order valence-corrected chi connectivity index (χ2v) is 7.93. The number of rotatable bonds is 6. The van der Waals surface area contributed by atoms with Crippen molar-refractivity contribution in [3.8, 4) is 0 Å². The van der Waals surface area contributed by atoms with E-state index in [9.17, 15) is 9.59 Å². The molecule has 5 heteroatoms. The van der Waals surface area contributed by atoms with Crippen molar-refractivity contribution in [3.05, 3.63) is 58.4 Å². The third-order valence-electron chi connectivity index (χ3n) is 6.08. The van der Waals surface area contributed by atoms with Crippen LogP contribution in [0.5, 0.6) is 0 Å². The number of carbonyl (C=O) groups is 2. The lowest BCUT2D eigenvalue weighted by Gasteiger charge is -2.31. The molecule has 1 aromatic heterocycles. The molecular formula is C24H32N2O3. The molecule has 1 aromatic carbocycles. The van der Waals surface area contributed by atoms with Crippen LogP contribution in [-0.2, 0) is 11.3 Å². The van der Waals surface area contributed by atoms with E-state index in [1.165, 1.54) is 19.3 Å². The van der Waals surface area contributed by atoms with Crippen molar-refractivity contribution in [3.63, 3.8) is 0 Å². The van der Waals surface area contributed by atoms with Crippen molar-refractivity contribution in [1.29, 1.82) is 0 Å².